The Hall–Kier alpha value is -1.66. The van der Waals surface area contributed by atoms with Gasteiger partial charge in [0.2, 0.25) is 11.8 Å². The van der Waals surface area contributed by atoms with E-state index in [9.17, 15) is 14.7 Å². The van der Waals surface area contributed by atoms with Gasteiger partial charge in [0.15, 0.2) is 0 Å². The van der Waals surface area contributed by atoms with E-state index in [0.29, 0.717) is 32.5 Å². The van der Waals surface area contributed by atoms with Gasteiger partial charge >= 0.3 is 0 Å². The average Bonchev–Trinajstić information content (AvgIpc) is 2.78. The molecule has 0 aromatic heterocycles. The summed E-state index contributed by atoms with van der Waals surface area (Å²) in [5, 5.41) is 15.3. The molecular formula is C26H49N3O3. The van der Waals surface area contributed by atoms with Crippen LogP contribution in [0.15, 0.2) is 24.3 Å². The predicted molar refractivity (Wildman–Crippen MR) is 135 cm³/mol. The van der Waals surface area contributed by atoms with E-state index in [1.165, 1.54) is 0 Å². The Balaban J connectivity index is 3.76. The first kappa shape index (κ1) is 30.3. The molecule has 6 heteroatoms. The third-order valence-corrected chi connectivity index (χ3v) is 5.16. The molecule has 0 rings (SSSR count). The van der Waals surface area contributed by atoms with Gasteiger partial charge < -0.3 is 20.6 Å². The van der Waals surface area contributed by atoms with Crippen molar-refractivity contribution in [1.82, 2.24) is 15.5 Å². The number of nitrogens with one attached hydrogen (secondary N) is 2. The van der Waals surface area contributed by atoms with Crippen LogP contribution in [0.3, 0.4) is 0 Å². The summed E-state index contributed by atoms with van der Waals surface area (Å²) in [5.41, 5.74) is 0. The Labute approximate surface area is 196 Å². The molecule has 0 bridgehead atoms. The largest absolute Gasteiger partial charge is 0.395 e. The number of allylic oxidation sites excluding steroid dienone is 4. The van der Waals surface area contributed by atoms with E-state index in [4.69, 9.17) is 0 Å². The minimum absolute atomic E-state index is 0.117. The van der Waals surface area contributed by atoms with Crippen LogP contribution in [0.25, 0.3) is 0 Å². The zero-order valence-electron chi connectivity index (χ0n) is 20.7. The first-order valence-corrected chi connectivity index (χ1v) is 12.8. The highest BCUT2D eigenvalue weighted by atomic mass is 16.3. The molecule has 0 radical (unpaired) electrons. The van der Waals surface area contributed by atoms with Gasteiger partial charge in [-0.3, -0.25) is 9.59 Å². The third-order valence-electron chi connectivity index (χ3n) is 5.16. The zero-order valence-corrected chi connectivity index (χ0v) is 20.7. The van der Waals surface area contributed by atoms with Gasteiger partial charge in [-0.05, 0) is 64.5 Å². The van der Waals surface area contributed by atoms with Crippen LogP contribution in [-0.2, 0) is 9.59 Å². The van der Waals surface area contributed by atoms with Crippen LogP contribution in [-0.4, -0.2) is 61.2 Å². The highest BCUT2D eigenvalue weighted by Gasteiger charge is 2.06. The Morgan fingerprint density at radius 3 is 1.53 bits per heavy atom. The summed E-state index contributed by atoms with van der Waals surface area (Å²) >= 11 is 0. The SMILES string of the molecule is CCC/C=C/CCCC(=O)NCCCN(CCO)CCCNC(=O)CCC/C=C/CCC. The van der Waals surface area contributed by atoms with Crippen LogP contribution >= 0.6 is 0 Å². The van der Waals surface area contributed by atoms with Crippen molar-refractivity contribution in [2.75, 3.05) is 39.3 Å². The average molecular weight is 452 g/mol. The maximum absolute atomic E-state index is 11.9. The maximum atomic E-state index is 11.9. The fraction of sp³-hybridized carbons (Fsp3) is 0.769. The number of amides is 2. The predicted octanol–water partition coefficient (Wildman–Crippen LogP) is 4.35. The molecule has 2 amide bonds. The summed E-state index contributed by atoms with van der Waals surface area (Å²) in [4.78, 5) is 26.0. The summed E-state index contributed by atoms with van der Waals surface area (Å²) in [5.74, 6) is 0.234. The molecule has 0 saturated carbocycles. The molecule has 0 spiro atoms. The van der Waals surface area contributed by atoms with E-state index in [0.717, 1.165) is 77.3 Å². The lowest BCUT2D eigenvalue weighted by molar-refractivity contribution is -0.122. The number of nitrogens with zero attached hydrogens (tertiary/aromatic N) is 1. The van der Waals surface area contributed by atoms with Crippen molar-refractivity contribution in [2.45, 2.75) is 90.9 Å². The number of hydrogen-bond acceptors (Lipinski definition) is 4. The van der Waals surface area contributed by atoms with Gasteiger partial charge in [-0.15, -0.1) is 0 Å². The smallest absolute Gasteiger partial charge is 0.220 e. The highest BCUT2D eigenvalue weighted by molar-refractivity contribution is 5.76. The lowest BCUT2D eigenvalue weighted by atomic mass is 10.2. The fourth-order valence-corrected chi connectivity index (χ4v) is 3.28. The van der Waals surface area contributed by atoms with Crippen LogP contribution in [0.1, 0.15) is 90.9 Å². The minimum atomic E-state index is 0.117. The molecule has 3 N–H and O–H groups in total. The van der Waals surface area contributed by atoms with E-state index in [1.54, 1.807) is 0 Å². The molecule has 0 aromatic carbocycles. The topological polar surface area (TPSA) is 81.7 Å². The number of rotatable bonds is 22. The Morgan fingerprint density at radius 1 is 0.688 bits per heavy atom. The summed E-state index contributed by atoms with van der Waals surface area (Å²) < 4.78 is 0. The quantitative estimate of drug-likeness (QED) is 0.169. The molecule has 0 aliphatic heterocycles. The van der Waals surface area contributed by atoms with Crippen LogP contribution < -0.4 is 10.6 Å². The Morgan fingerprint density at radius 2 is 1.12 bits per heavy atom. The van der Waals surface area contributed by atoms with Crippen molar-refractivity contribution in [2.24, 2.45) is 0 Å². The fourth-order valence-electron chi connectivity index (χ4n) is 3.28. The molecule has 0 aliphatic carbocycles. The molecule has 0 aromatic rings. The summed E-state index contributed by atoms with van der Waals surface area (Å²) in [7, 11) is 0. The van der Waals surface area contributed by atoms with Crippen LogP contribution in [0.5, 0.6) is 0 Å². The van der Waals surface area contributed by atoms with E-state index in [1.807, 2.05) is 0 Å². The van der Waals surface area contributed by atoms with Gasteiger partial charge in [0, 0.05) is 32.5 Å². The number of aliphatic hydroxyl groups excluding tert-OH is 1. The minimum Gasteiger partial charge on any atom is -0.395 e. The van der Waals surface area contributed by atoms with E-state index < -0.39 is 0 Å². The van der Waals surface area contributed by atoms with Crippen LogP contribution in [0, 0.1) is 0 Å². The second-order valence-electron chi connectivity index (χ2n) is 8.28. The van der Waals surface area contributed by atoms with Crippen LogP contribution in [0.2, 0.25) is 0 Å². The third kappa shape index (κ3) is 21.6. The molecule has 0 aliphatic rings. The van der Waals surface area contributed by atoms with Crippen molar-refractivity contribution in [3.05, 3.63) is 24.3 Å². The molecule has 0 heterocycles. The monoisotopic (exact) mass is 451 g/mol. The normalized spacial score (nSPS) is 11.6. The van der Waals surface area contributed by atoms with E-state index >= 15 is 0 Å². The van der Waals surface area contributed by atoms with Gasteiger partial charge in [0.25, 0.3) is 0 Å². The van der Waals surface area contributed by atoms with Gasteiger partial charge in [-0.2, -0.15) is 0 Å². The number of carbonyl (C=O) groups is 2. The summed E-state index contributed by atoms with van der Waals surface area (Å²) in [6.45, 7) is 8.05. The number of hydrogen-bond donors (Lipinski definition) is 3. The molecule has 0 fully saturated rings. The standard InChI is InChI=1S/C26H49N3O3/c1-3-5-7-9-11-13-17-25(31)27-19-15-21-29(23-24-30)22-16-20-28-26(32)18-14-12-10-8-6-4-2/h7-10,30H,3-6,11-24H2,1-2H3,(H,27,31)(H,28,32)/b9-7+,10-8+. The van der Waals surface area contributed by atoms with E-state index in [2.05, 4.69) is 53.7 Å². The number of unbranched alkanes of at least 4 members (excludes halogenated alkanes) is 4. The van der Waals surface area contributed by atoms with Crippen molar-refractivity contribution in [3.63, 3.8) is 0 Å². The molecule has 186 valence electrons. The summed E-state index contributed by atoms with van der Waals surface area (Å²) in [6, 6.07) is 0. The molecule has 0 atom stereocenters. The number of aliphatic hydroxyl groups is 1. The molecule has 6 nitrogen and oxygen atoms in total. The Kier molecular flexibility index (Phi) is 22.7. The molecular weight excluding hydrogens is 402 g/mol. The van der Waals surface area contributed by atoms with Gasteiger partial charge in [-0.1, -0.05) is 51.0 Å². The summed E-state index contributed by atoms with van der Waals surface area (Å²) in [6.07, 6.45) is 19.8. The Bertz CT molecular complexity index is 465. The van der Waals surface area contributed by atoms with Crippen molar-refractivity contribution < 1.29 is 14.7 Å². The lowest BCUT2D eigenvalue weighted by Crippen LogP contribution is -2.34. The second kappa shape index (κ2) is 24.0. The second-order valence-corrected chi connectivity index (χ2v) is 8.28. The number of carbonyl (C=O) groups excluding carboxylic acids is 2. The van der Waals surface area contributed by atoms with Crippen LogP contribution in [0.4, 0.5) is 0 Å². The van der Waals surface area contributed by atoms with Crippen molar-refractivity contribution in [1.29, 1.82) is 0 Å². The molecule has 0 saturated heterocycles. The van der Waals surface area contributed by atoms with E-state index in [-0.39, 0.29) is 18.4 Å². The van der Waals surface area contributed by atoms with Gasteiger partial charge in [0.05, 0.1) is 6.61 Å². The molecule has 32 heavy (non-hydrogen) atoms. The van der Waals surface area contributed by atoms with Crippen molar-refractivity contribution >= 4 is 11.8 Å². The maximum Gasteiger partial charge on any atom is 0.220 e. The van der Waals surface area contributed by atoms with Gasteiger partial charge in [0.1, 0.15) is 0 Å². The first-order valence-electron chi connectivity index (χ1n) is 12.8. The lowest BCUT2D eigenvalue weighted by Gasteiger charge is -2.21. The van der Waals surface area contributed by atoms with Gasteiger partial charge in [-0.25, -0.2) is 0 Å². The first-order chi connectivity index (χ1) is 15.6. The molecule has 0 unspecified atom stereocenters. The highest BCUT2D eigenvalue weighted by Crippen LogP contribution is 2.00. The zero-order chi connectivity index (χ0) is 23.7. The van der Waals surface area contributed by atoms with Crippen molar-refractivity contribution in [3.8, 4) is 0 Å².